The molecule has 1 aliphatic rings. The van der Waals surface area contributed by atoms with Crippen LogP contribution in [-0.2, 0) is 4.79 Å². The lowest BCUT2D eigenvalue weighted by molar-refractivity contribution is -0.117. The fraction of sp³-hybridized carbons (Fsp3) is 0.214. The number of amides is 1. The minimum absolute atomic E-state index is 0.00453. The molecule has 2 heterocycles. The standard InChI is InChI=1S/C14H13ClN4O/c15-12-7-16-9-17-14(12)18-10-6-13(20)19(8-10)11-4-2-1-3-5-11/h1-5,7,9-10H,6,8H2,(H,16,17,18). The van der Waals surface area contributed by atoms with E-state index < -0.39 is 0 Å². The van der Waals surface area contributed by atoms with Crippen LogP contribution in [0.3, 0.4) is 0 Å². The summed E-state index contributed by atoms with van der Waals surface area (Å²) in [7, 11) is 0. The van der Waals surface area contributed by atoms with Gasteiger partial charge in [0.05, 0.1) is 12.2 Å². The minimum Gasteiger partial charge on any atom is -0.364 e. The van der Waals surface area contributed by atoms with Gasteiger partial charge in [-0.3, -0.25) is 4.79 Å². The fourth-order valence-corrected chi connectivity index (χ4v) is 2.43. The van der Waals surface area contributed by atoms with Crippen molar-refractivity contribution < 1.29 is 4.79 Å². The zero-order chi connectivity index (χ0) is 13.9. The van der Waals surface area contributed by atoms with Crippen molar-refractivity contribution in [1.82, 2.24) is 9.97 Å². The zero-order valence-electron chi connectivity index (χ0n) is 10.7. The number of nitrogens with one attached hydrogen (secondary N) is 1. The Morgan fingerprint density at radius 1 is 1.30 bits per heavy atom. The smallest absolute Gasteiger partial charge is 0.229 e. The molecule has 1 aromatic heterocycles. The SMILES string of the molecule is O=C1CC(Nc2ncncc2Cl)CN1c1ccccc1. The number of nitrogens with zero attached hydrogens (tertiary/aromatic N) is 3. The van der Waals surface area contributed by atoms with Crippen molar-refractivity contribution in [3.63, 3.8) is 0 Å². The maximum absolute atomic E-state index is 12.1. The van der Waals surface area contributed by atoms with E-state index in [9.17, 15) is 4.79 Å². The molecular weight excluding hydrogens is 276 g/mol. The number of anilines is 2. The molecule has 0 radical (unpaired) electrons. The number of hydrogen-bond donors (Lipinski definition) is 1. The van der Waals surface area contributed by atoms with Gasteiger partial charge < -0.3 is 10.2 Å². The van der Waals surface area contributed by atoms with Crippen molar-refractivity contribution >= 4 is 29.0 Å². The molecule has 2 aromatic rings. The lowest BCUT2D eigenvalue weighted by Crippen LogP contribution is -2.27. The number of aromatic nitrogens is 2. The van der Waals surface area contributed by atoms with Crippen molar-refractivity contribution in [1.29, 1.82) is 0 Å². The second-order valence-corrected chi connectivity index (χ2v) is 5.01. The summed E-state index contributed by atoms with van der Waals surface area (Å²) in [5.74, 6) is 0.660. The van der Waals surface area contributed by atoms with Gasteiger partial charge in [0.1, 0.15) is 17.2 Å². The summed E-state index contributed by atoms with van der Waals surface area (Å²) in [4.78, 5) is 21.8. The van der Waals surface area contributed by atoms with Gasteiger partial charge in [-0.05, 0) is 12.1 Å². The van der Waals surface area contributed by atoms with Crippen LogP contribution in [0, 0.1) is 0 Å². The van der Waals surface area contributed by atoms with Crippen LogP contribution in [0.4, 0.5) is 11.5 Å². The molecule has 0 aliphatic carbocycles. The van der Waals surface area contributed by atoms with Gasteiger partial charge in [-0.2, -0.15) is 0 Å². The Hall–Kier alpha value is -2.14. The van der Waals surface area contributed by atoms with Gasteiger partial charge in [-0.25, -0.2) is 9.97 Å². The first-order valence-electron chi connectivity index (χ1n) is 6.31. The zero-order valence-corrected chi connectivity index (χ0v) is 11.4. The van der Waals surface area contributed by atoms with E-state index in [0.29, 0.717) is 23.8 Å². The van der Waals surface area contributed by atoms with E-state index in [1.807, 2.05) is 30.3 Å². The van der Waals surface area contributed by atoms with Gasteiger partial charge in [0.25, 0.3) is 0 Å². The molecule has 5 nitrogen and oxygen atoms in total. The van der Waals surface area contributed by atoms with Crippen LogP contribution in [0.1, 0.15) is 6.42 Å². The Kier molecular flexibility index (Phi) is 3.52. The molecule has 1 unspecified atom stereocenters. The molecular formula is C14H13ClN4O. The largest absolute Gasteiger partial charge is 0.364 e. The maximum atomic E-state index is 12.1. The first-order valence-corrected chi connectivity index (χ1v) is 6.69. The van der Waals surface area contributed by atoms with E-state index in [1.54, 1.807) is 4.90 Å². The predicted molar refractivity (Wildman–Crippen MR) is 77.9 cm³/mol. The Morgan fingerprint density at radius 3 is 2.85 bits per heavy atom. The highest BCUT2D eigenvalue weighted by molar-refractivity contribution is 6.32. The minimum atomic E-state index is -0.00453. The second-order valence-electron chi connectivity index (χ2n) is 4.60. The van der Waals surface area contributed by atoms with Crippen LogP contribution in [-0.4, -0.2) is 28.5 Å². The third-order valence-electron chi connectivity index (χ3n) is 3.20. The summed E-state index contributed by atoms with van der Waals surface area (Å²) >= 11 is 6.01. The highest BCUT2D eigenvalue weighted by Crippen LogP contribution is 2.24. The number of halogens is 1. The molecule has 1 atom stereocenters. The number of carbonyl (C=O) groups excluding carboxylic acids is 1. The van der Waals surface area contributed by atoms with Crippen LogP contribution in [0.2, 0.25) is 5.02 Å². The van der Waals surface area contributed by atoms with Crippen LogP contribution in [0.5, 0.6) is 0 Å². The molecule has 6 heteroatoms. The molecule has 1 aliphatic heterocycles. The summed E-state index contributed by atoms with van der Waals surface area (Å²) in [6.07, 6.45) is 3.39. The summed E-state index contributed by atoms with van der Waals surface area (Å²) in [5.41, 5.74) is 0.913. The van der Waals surface area contributed by atoms with Crippen LogP contribution < -0.4 is 10.2 Å². The van der Waals surface area contributed by atoms with Gasteiger partial charge in [-0.15, -0.1) is 0 Å². The molecule has 1 fully saturated rings. The van der Waals surface area contributed by atoms with Crippen molar-refractivity contribution in [3.8, 4) is 0 Å². The molecule has 102 valence electrons. The topological polar surface area (TPSA) is 58.1 Å². The normalized spacial score (nSPS) is 18.4. The molecule has 0 bridgehead atoms. The number of rotatable bonds is 3. The number of benzene rings is 1. The predicted octanol–water partition coefficient (Wildman–Crippen LogP) is 2.35. The lowest BCUT2D eigenvalue weighted by atomic mass is 10.2. The third kappa shape index (κ3) is 2.58. The van der Waals surface area contributed by atoms with Gasteiger partial charge in [0, 0.05) is 18.7 Å². The Bertz CT molecular complexity index is 620. The van der Waals surface area contributed by atoms with Gasteiger partial charge in [0.2, 0.25) is 5.91 Å². The summed E-state index contributed by atoms with van der Waals surface area (Å²) < 4.78 is 0. The molecule has 20 heavy (non-hydrogen) atoms. The van der Waals surface area contributed by atoms with E-state index in [1.165, 1.54) is 12.5 Å². The number of para-hydroxylation sites is 1. The summed E-state index contributed by atoms with van der Waals surface area (Å²) in [5, 5.41) is 3.65. The van der Waals surface area contributed by atoms with Gasteiger partial charge >= 0.3 is 0 Å². The molecule has 1 aromatic carbocycles. The van der Waals surface area contributed by atoms with Crippen molar-refractivity contribution in [2.45, 2.75) is 12.5 Å². The second kappa shape index (κ2) is 5.46. The average Bonchev–Trinajstić information content (AvgIpc) is 2.83. The first-order chi connectivity index (χ1) is 9.74. The lowest BCUT2D eigenvalue weighted by Gasteiger charge is -2.17. The highest BCUT2D eigenvalue weighted by Gasteiger charge is 2.30. The molecule has 0 saturated carbocycles. The van der Waals surface area contributed by atoms with Crippen molar-refractivity contribution in [2.75, 3.05) is 16.8 Å². The van der Waals surface area contributed by atoms with Gasteiger partial charge in [0.15, 0.2) is 0 Å². The van der Waals surface area contributed by atoms with E-state index in [2.05, 4.69) is 15.3 Å². The molecule has 1 saturated heterocycles. The van der Waals surface area contributed by atoms with Crippen LogP contribution in [0.25, 0.3) is 0 Å². The van der Waals surface area contributed by atoms with Gasteiger partial charge in [-0.1, -0.05) is 29.8 Å². The van der Waals surface area contributed by atoms with E-state index in [0.717, 1.165) is 5.69 Å². The number of hydrogen-bond acceptors (Lipinski definition) is 4. The Balaban J connectivity index is 1.73. The average molecular weight is 289 g/mol. The quantitative estimate of drug-likeness (QED) is 0.942. The van der Waals surface area contributed by atoms with Crippen LogP contribution >= 0.6 is 11.6 Å². The Labute approximate surface area is 121 Å². The molecule has 1 N–H and O–H groups in total. The molecule has 1 amide bonds. The van der Waals surface area contributed by atoms with Crippen molar-refractivity contribution in [2.24, 2.45) is 0 Å². The molecule has 0 spiro atoms. The fourth-order valence-electron chi connectivity index (χ4n) is 2.27. The summed E-state index contributed by atoms with van der Waals surface area (Å²) in [6, 6.07) is 9.63. The molecule has 3 rings (SSSR count). The highest BCUT2D eigenvalue weighted by atomic mass is 35.5. The first kappa shape index (κ1) is 12.9. The van der Waals surface area contributed by atoms with Crippen LogP contribution in [0.15, 0.2) is 42.9 Å². The van der Waals surface area contributed by atoms with E-state index in [4.69, 9.17) is 11.6 Å². The van der Waals surface area contributed by atoms with E-state index in [-0.39, 0.29) is 11.9 Å². The van der Waals surface area contributed by atoms with Crippen molar-refractivity contribution in [3.05, 3.63) is 47.9 Å². The monoisotopic (exact) mass is 288 g/mol. The summed E-state index contributed by atoms with van der Waals surface area (Å²) in [6.45, 7) is 0.600. The maximum Gasteiger partial charge on any atom is 0.229 e. The Morgan fingerprint density at radius 2 is 2.10 bits per heavy atom. The number of carbonyl (C=O) groups is 1. The third-order valence-corrected chi connectivity index (χ3v) is 3.48. The van der Waals surface area contributed by atoms with E-state index >= 15 is 0 Å².